The fourth-order valence-corrected chi connectivity index (χ4v) is 5.57. The largest absolute Gasteiger partial charge is 0.495 e. The van der Waals surface area contributed by atoms with Crippen LogP contribution in [-0.4, -0.2) is 65.5 Å². The number of carbonyl (C=O) groups excluding carboxylic acids is 2. The summed E-state index contributed by atoms with van der Waals surface area (Å²) in [4.78, 5) is 31.4. The number of likely N-dealkylation sites (tertiary alicyclic amines) is 1. The number of hydrogen-bond acceptors (Lipinski definition) is 5. The minimum atomic E-state index is -0.293. The lowest BCUT2D eigenvalue weighted by molar-refractivity contribution is -0.118. The Labute approximate surface area is 216 Å². The molecule has 1 fully saturated rings. The number of hydrogen-bond donors (Lipinski definition) is 1. The van der Waals surface area contributed by atoms with Crippen molar-refractivity contribution in [3.05, 3.63) is 47.0 Å². The number of ether oxygens (including phenoxy) is 1. The summed E-state index contributed by atoms with van der Waals surface area (Å²) in [6, 6.07) is 10.2. The van der Waals surface area contributed by atoms with Crippen molar-refractivity contribution in [3.8, 4) is 27.4 Å². The maximum Gasteiger partial charge on any atom is 0.270 e. The molecule has 8 heteroatoms. The number of anilines is 1. The first-order valence-electron chi connectivity index (χ1n) is 12.5. The molecular formula is C28H34N4O3S. The monoisotopic (exact) mass is 506 g/mol. The highest BCUT2D eigenvalue weighted by Gasteiger charge is 2.32. The van der Waals surface area contributed by atoms with E-state index in [0.29, 0.717) is 30.2 Å². The van der Waals surface area contributed by atoms with E-state index in [1.807, 2.05) is 52.1 Å². The van der Waals surface area contributed by atoms with E-state index >= 15 is 0 Å². The van der Waals surface area contributed by atoms with Crippen LogP contribution < -0.4 is 10.1 Å². The Kier molecular flexibility index (Phi) is 6.43. The quantitative estimate of drug-likeness (QED) is 0.513. The first kappa shape index (κ1) is 24.6. The zero-order valence-corrected chi connectivity index (χ0v) is 22.5. The molecule has 0 radical (unpaired) electrons. The molecule has 1 saturated heterocycles. The summed E-state index contributed by atoms with van der Waals surface area (Å²) in [5.74, 6) is 0.624. The molecule has 3 aromatic rings. The summed E-state index contributed by atoms with van der Waals surface area (Å²) in [6.45, 7) is 9.15. The van der Waals surface area contributed by atoms with Crippen molar-refractivity contribution in [2.45, 2.75) is 45.7 Å². The van der Waals surface area contributed by atoms with Gasteiger partial charge in [-0.3, -0.25) is 14.5 Å². The van der Waals surface area contributed by atoms with E-state index in [1.54, 1.807) is 23.3 Å². The summed E-state index contributed by atoms with van der Waals surface area (Å²) in [7, 11) is 3.50. The Morgan fingerprint density at radius 2 is 1.92 bits per heavy atom. The van der Waals surface area contributed by atoms with Crippen molar-refractivity contribution < 1.29 is 14.3 Å². The molecule has 1 N–H and O–H groups in total. The molecule has 2 amide bonds. The second-order valence-corrected chi connectivity index (χ2v) is 11.5. The molecule has 0 saturated carbocycles. The van der Waals surface area contributed by atoms with E-state index in [0.717, 1.165) is 53.2 Å². The molecule has 2 aromatic heterocycles. The van der Waals surface area contributed by atoms with E-state index in [-0.39, 0.29) is 17.4 Å². The molecule has 0 bridgehead atoms. The summed E-state index contributed by atoms with van der Waals surface area (Å²) >= 11 is 1.66. The number of thiophene rings is 1. The molecule has 2 aliphatic heterocycles. The Bertz CT molecular complexity index is 1300. The smallest absolute Gasteiger partial charge is 0.270 e. The number of nitrogens with one attached hydrogen (secondary N) is 1. The maximum atomic E-state index is 13.6. The molecule has 0 atom stereocenters. The van der Waals surface area contributed by atoms with Gasteiger partial charge in [0, 0.05) is 35.1 Å². The van der Waals surface area contributed by atoms with E-state index in [9.17, 15) is 9.59 Å². The third kappa shape index (κ3) is 4.44. The predicted octanol–water partition coefficient (Wildman–Crippen LogP) is 4.96. The zero-order valence-electron chi connectivity index (χ0n) is 21.7. The fourth-order valence-electron chi connectivity index (χ4n) is 4.83. The zero-order chi connectivity index (χ0) is 25.6. The molecule has 190 valence electrons. The topological polar surface area (TPSA) is 66.8 Å². The Morgan fingerprint density at radius 3 is 2.53 bits per heavy atom. The third-order valence-electron chi connectivity index (χ3n) is 7.29. The van der Waals surface area contributed by atoms with E-state index in [4.69, 9.17) is 4.74 Å². The van der Waals surface area contributed by atoms with Gasteiger partial charge >= 0.3 is 0 Å². The number of aromatic nitrogens is 1. The van der Waals surface area contributed by atoms with Gasteiger partial charge in [0.05, 0.1) is 25.0 Å². The van der Waals surface area contributed by atoms with Gasteiger partial charge in [-0.2, -0.15) is 0 Å². The van der Waals surface area contributed by atoms with Crippen LogP contribution in [0.25, 0.3) is 21.7 Å². The number of benzene rings is 1. The Hall–Kier alpha value is -3.10. The lowest BCUT2D eigenvalue weighted by atomic mass is 9.94. The average Bonchev–Trinajstić information content (AvgIpc) is 3.47. The normalized spacial score (nSPS) is 15.0. The number of rotatable bonds is 6. The standard InChI is InChI=1S/C28H34N4O3S/c1-28(2,3)30(4)27(34)22-16-20(24-8-6-13-36-24)26-19-15-21(29-25(33)17-31-10-7-11-31)23(35-5)14-18(19)9-12-32(22)26/h6,8,13-16H,7,9-12,17H2,1-5H3,(H,29,33). The first-order valence-corrected chi connectivity index (χ1v) is 13.3. The maximum absolute atomic E-state index is 13.6. The third-order valence-corrected chi connectivity index (χ3v) is 8.19. The predicted molar refractivity (Wildman–Crippen MR) is 145 cm³/mol. The highest BCUT2D eigenvalue weighted by atomic mass is 32.1. The molecule has 2 aliphatic rings. The van der Waals surface area contributed by atoms with Gasteiger partial charge < -0.3 is 19.5 Å². The lowest BCUT2D eigenvalue weighted by Crippen LogP contribution is -2.43. The number of amides is 2. The van der Waals surface area contributed by atoms with Crippen molar-refractivity contribution in [2.24, 2.45) is 0 Å². The van der Waals surface area contributed by atoms with Crippen molar-refractivity contribution in [3.63, 3.8) is 0 Å². The van der Waals surface area contributed by atoms with Gasteiger partial charge in [-0.25, -0.2) is 0 Å². The molecule has 0 aliphatic carbocycles. The van der Waals surface area contributed by atoms with Crippen LogP contribution >= 0.6 is 11.3 Å². The van der Waals surface area contributed by atoms with Gasteiger partial charge in [0.1, 0.15) is 11.4 Å². The van der Waals surface area contributed by atoms with Crippen LogP contribution in [0.4, 0.5) is 5.69 Å². The summed E-state index contributed by atoms with van der Waals surface area (Å²) in [5, 5.41) is 5.13. The number of methoxy groups -OCH3 is 1. The summed E-state index contributed by atoms with van der Waals surface area (Å²) in [6.07, 6.45) is 1.92. The Morgan fingerprint density at radius 1 is 1.14 bits per heavy atom. The second kappa shape index (κ2) is 9.41. The second-order valence-electron chi connectivity index (χ2n) is 10.6. The van der Waals surface area contributed by atoms with Crippen molar-refractivity contribution in [1.29, 1.82) is 0 Å². The van der Waals surface area contributed by atoms with Gasteiger partial charge in [0.15, 0.2) is 0 Å². The van der Waals surface area contributed by atoms with E-state index in [1.165, 1.54) is 0 Å². The Balaban J connectivity index is 1.61. The molecule has 36 heavy (non-hydrogen) atoms. The first-order chi connectivity index (χ1) is 17.2. The molecular weight excluding hydrogens is 472 g/mol. The van der Waals surface area contributed by atoms with Crippen LogP contribution in [0, 0.1) is 0 Å². The van der Waals surface area contributed by atoms with E-state index < -0.39 is 0 Å². The average molecular weight is 507 g/mol. The van der Waals surface area contributed by atoms with Crippen LogP contribution in [0.1, 0.15) is 43.2 Å². The van der Waals surface area contributed by atoms with Crippen LogP contribution in [0.5, 0.6) is 5.75 Å². The molecule has 0 unspecified atom stereocenters. The summed E-state index contributed by atoms with van der Waals surface area (Å²) < 4.78 is 7.82. The molecule has 7 nitrogen and oxygen atoms in total. The lowest BCUT2D eigenvalue weighted by Gasteiger charge is -2.33. The van der Waals surface area contributed by atoms with Gasteiger partial charge in [-0.15, -0.1) is 11.3 Å². The summed E-state index contributed by atoms with van der Waals surface area (Å²) in [5.41, 5.74) is 5.30. The number of aryl methyl sites for hydroxylation is 1. The van der Waals surface area contributed by atoms with Crippen molar-refractivity contribution >= 4 is 28.8 Å². The van der Waals surface area contributed by atoms with Crippen LogP contribution in [0.2, 0.25) is 0 Å². The molecule has 0 spiro atoms. The van der Waals surface area contributed by atoms with Gasteiger partial charge in [0.25, 0.3) is 5.91 Å². The van der Waals surface area contributed by atoms with Crippen LogP contribution in [0.3, 0.4) is 0 Å². The molecule has 4 heterocycles. The van der Waals surface area contributed by atoms with Crippen molar-refractivity contribution in [1.82, 2.24) is 14.4 Å². The number of fused-ring (bicyclic) bond motifs is 3. The molecule has 5 rings (SSSR count). The molecule has 1 aromatic carbocycles. The van der Waals surface area contributed by atoms with Gasteiger partial charge in [0.2, 0.25) is 5.91 Å². The minimum absolute atomic E-state index is 0.00610. The van der Waals surface area contributed by atoms with Crippen LogP contribution in [-0.2, 0) is 17.8 Å². The highest BCUT2D eigenvalue weighted by Crippen LogP contribution is 2.44. The fraction of sp³-hybridized carbons (Fsp3) is 0.429. The van der Waals surface area contributed by atoms with Crippen LogP contribution in [0.15, 0.2) is 35.7 Å². The van der Waals surface area contributed by atoms with Gasteiger partial charge in [-0.05, 0) is 81.9 Å². The minimum Gasteiger partial charge on any atom is -0.495 e. The highest BCUT2D eigenvalue weighted by molar-refractivity contribution is 7.13. The SMILES string of the molecule is COc1cc2c(cc1NC(=O)CN1CCC1)-c1c(-c3cccs3)cc(C(=O)N(C)C(C)(C)C)n1CC2. The van der Waals surface area contributed by atoms with E-state index in [2.05, 4.69) is 26.2 Å². The number of carbonyl (C=O) groups is 2. The van der Waals surface area contributed by atoms with Crippen molar-refractivity contribution in [2.75, 3.05) is 39.1 Å². The van der Waals surface area contributed by atoms with Gasteiger partial charge in [-0.1, -0.05) is 6.07 Å². The number of nitrogens with zero attached hydrogens (tertiary/aromatic N) is 3.